The van der Waals surface area contributed by atoms with Gasteiger partial charge in [0.1, 0.15) is 29.8 Å². The molecule has 1 aliphatic heterocycles. The molecule has 13 heteroatoms. The molecule has 3 aromatic rings. The van der Waals surface area contributed by atoms with Gasteiger partial charge in [-0.25, -0.2) is 15.0 Å². The van der Waals surface area contributed by atoms with Crippen LogP contribution in [0.3, 0.4) is 0 Å². The van der Waals surface area contributed by atoms with Gasteiger partial charge in [-0.1, -0.05) is 59.7 Å². The highest BCUT2D eigenvalue weighted by molar-refractivity contribution is 7.79. The molecule has 1 fully saturated rings. The second-order valence-corrected chi connectivity index (χ2v) is 23.7. The van der Waals surface area contributed by atoms with E-state index in [9.17, 15) is 0 Å². The fourth-order valence-corrected chi connectivity index (χ4v) is 6.64. The summed E-state index contributed by atoms with van der Waals surface area (Å²) in [5.41, 5.74) is 7.17. The van der Waals surface area contributed by atoms with Crippen molar-refractivity contribution in [3.63, 3.8) is 0 Å². The summed E-state index contributed by atoms with van der Waals surface area (Å²) in [4.78, 5) is 13.1. The Balaban J connectivity index is 1.75. The van der Waals surface area contributed by atoms with Gasteiger partial charge >= 0.3 is 5.24 Å². The largest absolute Gasteiger partial charge is 0.447 e. The van der Waals surface area contributed by atoms with Crippen LogP contribution in [0.4, 0.5) is 5.82 Å². The fourth-order valence-electron chi connectivity index (χ4n) is 4.13. The summed E-state index contributed by atoms with van der Waals surface area (Å²) in [5.74, 6) is 0.878. The van der Waals surface area contributed by atoms with E-state index in [1.165, 1.54) is 6.33 Å². The number of hydrogen-bond acceptors (Lipinski definition) is 10. The molecule has 230 valence electrons. The van der Waals surface area contributed by atoms with E-state index in [1.807, 2.05) is 34.9 Å². The van der Waals surface area contributed by atoms with E-state index in [0.29, 0.717) is 29.3 Å². The van der Waals surface area contributed by atoms with E-state index < -0.39 is 41.2 Å². The summed E-state index contributed by atoms with van der Waals surface area (Å²) in [7, 11) is -4.49. The second kappa shape index (κ2) is 11.9. The van der Waals surface area contributed by atoms with Gasteiger partial charge < -0.3 is 28.8 Å². The number of nitrogen functional groups attached to an aromatic ring is 1. The Morgan fingerprint density at radius 2 is 1.60 bits per heavy atom. The first-order valence-corrected chi connectivity index (χ1v) is 20.5. The Morgan fingerprint density at radius 3 is 2.21 bits per heavy atom. The first-order chi connectivity index (χ1) is 19.4. The average molecular weight is 632 g/mol. The number of anilines is 1. The maximum Gasteiger partial charge on any atom is 0.358 e. The molecule has 2 N–H and O–H groups in total. The number of benzene rings is 1. The third kappa shape index (κ3) is 6.86. The molecule has 0 unspecified atom stereocenters. The number of thiocarbonyl (C=S) groups is 1. The van der Waals surface area contributed by atoms with Crippen LogP contribution in [0.25, 0.3) is 11.2 Å². The third-order valence-corrected chi connectivity index (χ3v) is 17.9. The molecule has 10 nitrogen and oxygen atoms in total. The van der Waals surface area contributed by atoms with Gasteiger partial charge in [-0.2, -0.15) is 0 Å². The van der Waals surface area contributed by atoms with Gasteiger partial charge in [-0.05, 0) is 48.4 Å². The summed E-state index contributed by atoms with van der Waals surface area (Å²) < 4.78 is 34.7. The molecule has 0 radical (unpaired) electrons. The van der Waals surface area contributed by atoms with Crippen LogP contribution < -0.4 is 10.5 Å². The van der Waals surface area contributed by atoms with Crippen LogP contribution in [0, 0.1) is 0 Å². The first kappa shape index (κ1) is 32.5. The first-order valence-electron chi connectivity index (χ1n) is 14.2. The zero-order chi connectivity index (χ0) is 31.1. The van der Waals surface area contributed by atoms with Gasteiger partial charge in [0.2, 0.25) is 0 Å². The van der Waals surface area contributed by atoms with Crippen molar-refractivity contribution in [1.82, 2.24) is 19.5 Å². The van der Waals surface area contributed by atoms with Crippen LogP contribution in [0.15, 0.2) is 43.0 Å². The lowest BCUT2D eigenvalue weighted by Crippen LogP contribution is -2.50. The van der Waals surface area contributed by atoms with E-state index >= 15 is 0 Å². The maximum atomic E-state index is 7.08. The zero-order valence-corrected chi connectivity index (χ0v) is 29.2. The monoisotopic (exact) mass is 631 g/mol. The van der Waals surface area contributed by atoms with E-state index in [2.05, 4.69) is 82.7 Å². The molecular formula is C29H45N5O5SSi2. The van der Waals surface area contributed by atoms with Crippen LogP contribution >= 0.6 is 12.2 Å². The van der Waals surface area contributed by atoms with Crippen molar-refractivity contribution >= 4 is 51.1 Å². The molecule has 42 heavy (non-hydrogen) atoms. The molecule has 0 bridgehead atoms. The predicted octanol–water partition coefficient (Wildman–Crippen LogP) is 6.47. The van der Waals surface area contributed by atoms with Crippen LogP contribution in [-0.2, 0) is 18.3 Å². The van der Waals surface area contributed by atoms with E-state index in [-0.39, 0.29) is 15.3 Å². The Hall–Kier alpha value is -2.43. The number of imidazole rings is 1. The number of nitrogens with zero attached hydrogens (tertiary/aromatic N) is 4. The van der Waals surface area contributed by atoms with Crippen LogP contribution in [0.2, 0.25) is 36.3 Å². The highest BCUT2D eigenvalue weighted by Crippen LogP contribution is 2.44. The Labute approximate surface area is 256 Å². The van der Waals surface area contributed by atoms with Gasteiger partial charge in [0.25, 0.3) is 0 Å². The van der Waals surface area contributed by atoms with Gasteiger partial charge in [0.15, 0.2) is 40.4 Å². The molecule has 1 aromatic carbocycles. The third-order valence-electron chi connectivity index (χ3n) is 8.77. The Morgan fingerprint density at radius 1 is 0.952 bits per heavy atom. The predicted molar refractivity (Wildman–Crippen MR) is 173 cm³/mol. The molecule has 4 atom stereocenters. The van der Waals surface area contributed by atoms with Crippen LogP contribution in [0.1, 0.15) is 47.8 Å². The number of fused-ring (bicyclic) bond motifs is 1. The number of nitrogens with two attached hydrogens (primary N) is 1. The van der Waals surface area contributed by atoms with Gasteiger partial charge in [-0.3, -0.25) is 4.57 Å². The van der Waals surface area contributed by atoms with E-state index in [4.69, 9.17) is 41.0 Å². The highest BCUT2D eigenvalue weighted by Gasteiger charge is 2.54. The summed E-state index contributed by atoms with van der Waals surface area (Å²) in [6, 6.07) is 9.32. The summed E-state index contributed by atoms with van der Waals surface area (Å²) in [6.07, 6.45) is 0.703. The molecule has 1 saturated heterocycles. The molecule has 4 rings (SSSR count). The topological polar surface area (TPSA) is 116 Å². The van der Waals surface area contributed by atoms with Crippen molar-refractivity contribution in [3.8, 4) is 5.75 Å². The number of ether oxygens (including phenoxy) is 3. The van der Waals surface area contributed by atoms with Crippen molar-refractivity contribution in [2.45, 2.75) is 102 Å². The molecule has 0 amide bonds. The number of para-hydroxylation sites is 1. The average Bonchev–Trinajstić information content (AvgIpc) is 3.44. The SMILES string of the molecule is CC(C)(C)[Si](C)(C)OC[C@H]1O[C@@H](n2cnc3c(N)ncnc32)[C@@H](O[Si](C)(C)C(C)(C)C)[C@@H]1OC(=S)Oc1ccccc1. The Kier molecular flexibility index (Phi) is 9.22. The number of aromatic nitrogens is 4. The minimum Gasteiger partial charge on any atom is -0.447 e. The number of hydrogen-bond donors (Lipinski definition) is 1. The van der Waals surface area contributed by atoms with Crippen molar-refractivity contribution in [1.29, 1.82) is 0 Å². The lowest BCUT2D eigenvalue weighted by atomic mass is 10.1. The normalized spacial score (nSPS) is 22.0. The van der Waals surface area contributed by atoms with E-state index in [0.717, 1.165) is 0 Å². The lowest BCUT2D eigenvalue weighted by Gasteiger charge is -2.40. The van der Waals surface area contributed by atoms with Crippen molar-refractivity contribution in [2.24, 2.45) is 0 Å². The van der Waals surface area contributed by atoms with Gasteiger partial charge in [0.05, 0.1) is 12.9 Å². The standard InChI is InChI=1S/C29H45N5O5SSi2/c1-28(2,3)41(7,8)35-16-20-22(38-27(40)36-19-14-12-11-13-15-19)23(39-42(9,10)29(4,5)6)26(37-20)34-18-33-21-24(30)31-17-32-25(21)34/h11-15,17-18,20,22-23,26H,16H2,1-10H3,(H2,30,31,32)/t20-,22-,23+,26-/m1/s1. The molecule has 2 aromatic heterocycles. The minimum absolute atomic E-state index is 0.0130. The zero-order valence-electron chi connectivity index (χ0n) is 26.4. The molecule has 0 spiro atoms. The molecule has 0 saturated carbocycles. The summed E-state index contributed by atoms with van der Waals surface area (Å²) >= 11 is 5.61. The summed E-state index contributed by atoms with van der Waals surface area (Å²) in [6.45, 7) is 22.3. The van der Waals surface area contributed by atoms with Crippen LogP contribution in [0.5, 0.6) is 5.75 Å². The fraction of sp³-hybridized carbons (Fsp3) is 0.586. The van der Waals surface area contributed by atoms with E-state index in [1.54, 1.807) is 6.33 Å². The van der Waals surface area contributed by atoms with Gasteiger partial charge in [0, 0.05) is 12.2 Å². The molecule has 1 aliphatic rings. The summed E-state index contributed by atoms with van der Waals surface area (Å²) in [5, 5.41) is -0.0830. The quantitative estimate of drug-likeness (QED) is 0.219. The maximum absolute atomic E-state index is 7.08. The van der Waals surface area contributed by atoms with Crippen molar-refractivity contribution in [2.75, 3.05) is 12.3 Å². The lowest BCUT2D eigenvalue weighted by molar-refractivity contribution is -0.0474. The molecular weight excluding hydrogens is 587 g/mol. The molecule has 3 heterocycles. The smallest absolute Gasteiger partial charge is 0.358 e. The Bertz CT molecular complexity index is 1390. The molecule has 0 aliphatic carbocycles. The number of rotatable bonds is 8. The highest BCUT2D eigenvalue weighted by atomic mass is 32.1. The second-order valence-electron chi connectivity index (χ2n) is 13.8. The van der Waals surface area contributed by atoms with Gasteiger partial charge in [-0.15, -0.1) is 0 Å². The minimum atomic E-state index is -2.36. The van der Waals surface area contributed by atoms with Crippen LogP contribution in [-0.4, -0.2) is 66.3 Å². The van der Waals surface area contributed by atoms with Crippen molar-refractivity contribution < 1.29 is 23.1 Å². The van der Waals surface area contributed by atoms with Crippen molar-refractivity contribution in [3.05, 3.63) is 43.0 Å².